The molecule has 14 heavy (non-hydrogen) atoms. The van der Waals surface area contributed by atoms with Crippen LogP contribution < -0.4 is 5.32 Å². The van der Waals surface area contributed by atoms with Crippen LogP contribution in [0.4, 0.5) is 0 Å². The first-order valence-corrected chi connectivity index (χ1v) is 5.44. The summed E-state index contributed by atoms with van der Waals surface area (Å²) < 4.78 is 0. The molecular weight excluding hydrogens is 178 g/mol. The van der Waals surface area contributed by atoms with E-state index in [0.29, 0.717) is 5.92 Å². The topological polar surface area (TPSA) is 52.5 Å². The van der Waals surface area contributed by atoms with Crippen LogP contribution in [0.15, 0.2) is 0 Å². The summed E-state index contributed by atoms with van der Waals surface area (Å²) in [6, 6.07) is 0.132. The average Bonchev–Trinajstić information content (AvgIpc) is 2.18. The molecule has 0 saturated carbocycles. The Morgan fingerprint density at radius 1 is 1.29 bits per heavy atom. The summed E-state index contributed by atoms with van der Waals surface area (Å²) in [6.07, 6.45) is 0.937. The van der Waals surface area contributed by atoms with Gasteiger partial charge in [0.1, 0.15) is 0 Å². The molecule has 0 heterocycles. The van der Waals surface area contributed by atoms with Gasteiger partial charge in [-0.3, -0.25) is 0 Å². The van der Waals surface area contributed by atoms with Crippen molar-refractivity contribution in [3.8, 4) is 0 Å². The highest BCUT2D eigenvalue weighted by Gasteiger charge is 2.22. The van der Waals surface area contributed by atoms with Crippen LogP contribution in [0.5, 0.6) is 0 Å². The Morgan fingerprint density at radius 3 is 2.14 bits per heavy atom. The van der Waals surface area contributed by atoms with E-state index in [1.807, 2.05) is 0 Å². The van der Waals surface area contributed by atoms with E-state index in [4.69, 9.17) is 5.11 Å². The zero-order valence-electron chi connectivity index (χ0n) is 9.88. The molecule has 3 N–H and O–H groups in total. The lowest BCUT2D eigenvalue weighted by molar-refractivity contribution is 0.119. The molecular formula is C11H25NO2. The van der Waals surface area contributed by atoms with E-state index in [0.717, 1.165) is 13.0 Å². The Labute approximate surface area is 87.5 Å². The van der Waals surface area contributed by atoms with Gasteiger partial charge in [-0.05, 0) is 12.3 Å². The van der Waals surface area contributed by atoms with Gasteiger partial charge in [-0.15, -0.1) is 0 Å². The Morgan fingerprint density at radius 2 is 1.86 bits per heavy atom. The van der Waals surface area contributed by atoms with E-state index in [1.165, 1.54) is 0 Å². The second-order valence-electron chi connectivity index (χ2n) is 4.74. The van der Waals surface area contributed by atoms with Crippen LogP contribution in [0.2, 0.25) is 0 Å². The molecule has 0 aliphatic rings. The van der Waals surface area contributed by atoms with E-state index in [2.05, 4.69) is 33.0 Å². The van der Waals surface area contributed by atoms with Crippen molar-refractivity contribution in [2.45, 2.75) is 40.2 Å². The number of aliphatic hydroxyl groups excluding tert-OH is 2. The Hall–Kier alpha value is -0.120. The smallest absolute Gasteiger partial charge is 0.0587 e. The summed E-state index contributed by atoms with van der Waals surface area (Å²) in [5.74, 6) is 0.416. The standard InChI is InChI=1S/C11H25NO2/c1-5-11(4,8-14)7-12-10(6-13)9(2)3/h9-10,12-14H,5-8H2,1-4H3/t10-,11?/m1/s1. The lowest BCUT2D eigenvalue weighted by atomic mass is 9.88. The van der Waals surface area contributed by atoms with Gasteiger partial charge in [0, 0.05) is 24.6 Å². The molecule has 0 amide bonds. The van der Waals surface area contributed by atoms with E-state index < -0.39 is 0 Å². The maximum atomic E-state index is 9.21. The lowest BCUT2D eigenvalue weighted by Gasteiger charge is -2.30. The molecule has 0 radical (unpaired) electrons. The van der Waals surface area contributed by atoms with Crippen molar-refractivity contribution in [2.24, 2.45) is 11.3 Å². The van der Waals surface area contributed by atoms with Gasteiger partial charge in [-0.2, -0.15) is 0 Å². The van der Waals surface area contributed by atoms with Crippen molar-refractivity contribution in [2.75, 3.05) is 19.8 Å². The number of rotatable bonds is 7. The molecule has 0 bridgehead atoms. The average molecular weight is 203 g/mol. The Balaban J connectivity index is 4.00. The van der Waals surface area contributed by atoms with Crippen LogP contribution >= 0.6 is 0 Å². The van der Waals surface area contributed by atoms with Crippen LogP contribution in [0.25, 0.3) is 0 Å². The lowest BCUT2D eigenvalue weighted by Crippen LogP contribution is -2.44. The van der Waals surface area contributed by atoms with Gasteiger partial charge in [0.05, 0.1) is 6.61 Å². The van der Waals surface area contributed by atoms with Crippen LogP contribution in [-0.2, 0) is 0 Å². The third kappa shape index (κ3) is 4.40. The fourth-order valence-electron chi connectivity index (χ4n) is 1.18. The van der Waals surface area contributed by atoms with Gasteiger partial charge in [-0.25, -0.2) is 0 Å². The first-order valence-electron chi connectivity index (χ1n) is 5.44. The molecule has 0 aromatic carbocycles. The minimum absolute atomic E-state index is 0.0672. The number of hydrogen-bond donors (Lipinski definition) is 3. The van der Waals surface area contributed by atoms with E-state index in [-0.39, 0.29) is 24.7 Å². The quantitative estimate of drug-likeness (QED) is 0.578. The molecule has 3 nitrogen and oxygen atoms in total. The van der Waals surface area contributed by atoms with E-state index in [1.54, 1.807) is 0 Å². The van der Waals surface area contributed by atoms with Crippen LogP contribution in [-0.4, -0.2) is 36.0 Å². The molecule has 3 heteroatoms. The first kappa shape index (κ1) is 13.9. The van der Waals surface area contributed by atoms with Gasteiger partial charge in [-0.1, -0.05) is 27.7 Å². The van der Waals surface area contributed by atoms with Gasteiger partial charge in [0.25, 0.3) is 0 Å². The summed E-state index contributed by atoms with van der Waals surface area (Å²) in [5.41, 5.74) is -0.0672. The number of hydrogen-bond acceptors (Lipinski definition) is 3. The molecule has 0 aliphatic carbocycles. The second-order valence-corrected chi connectivity index (χ2v) is 4.74. The summed E-state index contributed by atoms with van der Waals surface area (Å²) >= 11 is 0. The van der Waals surface area contributed by atoms with Crippen LogP contribution in [0, 0.1) is 11.3 Å². The van der Waals surface area contributed by atoms with Gasteiger partial charge >= 0.3 is 0 Å². The van der Waals surface area contributed by atoms with Crippen molar-refractivity contribution in [1.29, 1.82) is 0 Å². The Kier molecular flexibility index (Phi) is 6.33. The van der Waals surface area contributed by atoms with Crippen LogP contribution in [0.1, 0.15) is 34.1 Å². The number of nitrogens with one attached hydrogen (secondary N) is 1. The van der Waals surface area contributed by atoms with Crippen molar-refractivity contribution < 1.29 is 10.2 Å². The molecule has 0 aliphatic heterocycles. The third-order valence-corrected chi connectivity index (χ3v) is 3.03. The molecule has 0 spiro atoms. The molecule has 0 fully saturated rings. The van der Waals surface area contributed by atoms with E-state index >= 15 is 0 Å². The normalized spacial score (nSPS) is 18.2. The summed E-state index contributed by atoms with van der Waals surface area (Å²) in [4.78, 5) is 0. The molecule has 0 rings (SSSR count). The highest BCUT2D eigenvalue weighted by molar-refractivity contribution is 4.78. The zero-order valence-corrected chi connectivity index (χ0v) is 9.88. The predicted molar refractivity (Wildman–Crippen MR) is 59.2 cm³/mol. The van der Waals surface area contributed by atoms with Crippen molar-refractivity contribution in [1.82, 2.24) is 5.32 Å². The van der Waals surface area contributed by atoms with Gasteiger partial charge in [0.2, 0.25) is 0 Å². The molecule has 0 saturated heterocycles. The number of aliphatic hydroxyl groups is 2. The molecule has 1 unspecified atom stereocenters. The minimum atomic E-state index is -0.0672. The monoisotopic (exact) mass is 203 g/mol. The van der Waals surface area contributed by atoms with Crippen LogP contribution in [0.3, 0.4) is 0 Å². The van der Waals surface area contributed by atoms with Gasteiger partial charge in [0.15, 0.2) is 0 Å². The fraction of sp³-hybridized carbons (Fsp3) is 1.00. The largest absolute Gasteiger partial charge is 0.396 e. The SMILES string of the molecule is CCC(C)(CO)CN[C@H](CO)C(C)C. The highest BCUT2D eigenvalue weighted by Crippen LogP contribution is 2.19. The molecule has 86 valence electrons. The fourth-order valence-corrected chi connectivity index (χ4v) is 1.18. The van der Waals surface area contributed by atoms with Crippen molar-refractivity contribution in [3.63, 3.8) is 0 Å². The Bertz CT molecular complexity index is 144. The van der Waals surface area contributed by atoms with E-state index in [9.17, 15) is 5.11 Å². The minimum Gasteiger partial charge on any atom is -0.396 e. The van der Waals surface area contributed by atoms with Gasteiger partial charge < -0.3 is 15.5 Å². The molecule has 2 atom stereocenters. The second kappa shape index (κ2) is 6.38. The van der Waals surface area contributed by atoms with Crippen molar-refractivity contribution in [3.05, 3.63) is 0 Å². The summed E-state index contributed by atoms with van der Waals surface area (Å²) in [6.45, 7) is 9.38. The molecule has 0 aromatic heterocycles. The summed E-state index contributed by atoms with van der Waals surface area (Å²) in [7, 11) is 0. The third-order valence-electron chi connectivity index (χ3n) is 3.03. The first-order chi connectivity index (χ1) is 6.49. The van der Waals surface area contributed by atoms with Crippen molar-refractivity contribution >= 4 is 0 Å². The highest BCUT2D eigenvalue weighted by atomic mass is 16.3. The maximum Gasteiger partial charge on any atom is 0.0587 e. The molecule has 0 aromatic rings. The zero-order chi connectivity index (χ0) is 11.2. The summed E-state index contributed by atoms with van der Waals surface area (Å²) in [5, 5.41) is 21.6. The predicted octanol–water partition coefficient (Wildman–Crippen LogP) is 1.00. The maximum absolute atomic E-state index is 9.21.